The number of hydrogen-bond acceptors (Lipinski definition) is 7. The number of fused-ring (bicyclic) bond motifs is 1. The molecule has 1 aliphatic carbocycles. The normalized spacial score (nSPS) is 22.2. The average Bonchev–Trinajstić information content (AvgIpc) is 3.43. The van der Waals surface area contributed by atoms with Gasteiger partial charge in [0.15, 0.2) is 10.8 Å². The van der Waals surface area contributed by atoms with Gasteiger partial charge in [0.1, 0.15) is 16.3 Å². The molecule has 7 rings (SSSR count). The number of H-pyrrole nitrogens is 1. The molecule has 2 saturated heterocycles. The molecular formula is C26H24F4N6OS. The van der Waals surface area contributed by atoms with Gasteiger partial charge in [0.2, 0.25) is 0 Å². The van der Waals surface area contributed by atoms with Gasteiger partial charge in [-0.25, -0.2) is 14.4 Å². The number of aromatic amines is 1. The summed E-state index contributed by atoms with van der Waals surface area (Å²) >= 11 is 1.35. The minimum Gasteiger partial charge on any atom is -0.373 e. The highest BCUT2D eigenvalue weighted by atomic mass is 32.1. The molecule has 0 bridgehead atoms. The summed E-state index contributed by atoms with van der Waals surface area (Å²) in [6, 6.07) is 2.59. The van der Waals surface area contributed by atoms with Gasteiger partial charge in [0, 0.05) is 48.9 Å². The van der Waals surface area contributed by atoms with Crippen molar-refractivity contribution in [2.75, 3.05) is 24.6 Å². The minimum atomic E-state index is -4.63. The number of nitrogens with one attached hydrogen (secondary N) is 1. The molecule has 3 aliphatic rings. The zero-order chi connectivity index (χ0) is 26.0. The van der Waals surface area contributed by atoms with Gasteiger partial charge in [-0.15, -0.1) is 0 Å². The molecule has 38 heavy (non-hydrogen) atoms. The Morgan fingerprint density at radius 2 is 1.89 bits per heavy atom. The number of thiazole rings is 1. The first-order valence-electron chi connectivity index (χ1n) is 12.8. The van der Waals surface area contributed by atoms with Crippen LogP contribution in [0.15, 0.2) is 24.4 Å². The van der Waals surface area contributed by atoms with Crippen LogP contribution in [0.4, 0.5) is 22.7 Å². The summed E-state index contributed by atoms with van der Waals surface area (Å²) in [5, 5.41) is 8.18. The van der Waals surface area contributed by atoms with E-state index >= 15 is 4.39 Å². The van der Waals surface area contributed by atoms with Crippen LogP contribution < -0.4 is 4.90 Å². The third kappa shape index (κ3) is 4.23. The largest absolute Gasteiger partial charge is 0.416 e. The summed E-state index contributed by atoms with van der Waals surface area (Å²) in [6.45, 7) is 2.26. The van der Waals surface area contributed by atoms with Crippen molar-refractivity contribution in [3.05, 3.63) is 52.9 Å². The van der Waals surface area contributed by atoms with Crippen molar-refractivity contribution in [1.82, 2.24) is 25.1 Å². The summed E-state index contributed by atoms with van der Waals surface area (Å²) in [7, 11) is 0. The van der Waals surface area contributed by atoms with Crippen LogP contribution in [-0.4, -0.2) is 44.8 Å². The van der Waals surface area contributed by atoms with Crippen LogP contribution in [0, 0.1) is 5.82 Å². The van der Waals surface area contributed by atoms with E-state index < -0.39 is 17.6 Å². The van der Waals surface area contributed by atoms with Crippen molar-refractivity contribution in [3.63, 3.8) is 0 Å². The number of anilines is 1. The van der Waals surface area contributed by atoms with Crippen molar-refractivity contribution >= 4 is 26.8 Å². The lowest BCUT2D eigenvalue weighted by molar-refractivity contribution is -0.137. The summed E-state index contributed by atoms with van der Waals surface area (Å²) in [4.78, 5) is 16.4. The highest BCUT2D eigenvalue weighted by Crippen LogP contribution is 2.46. The first-order valence-corrected chi connectivity index (χ1v) is 13.6. The molecule has 4 aromatic rings. The third-order valence-electron chi connectivity index (χ3n) is 7.60. The minimum absolute atomic E-state index is 0.0138. The molecule has 0 radical (unpaired) electrons. The van der Waals surface area contributed by atoms with Gasteiger partial charge >= 0.3 is 6.18 Å². The molecule has 3 fully saturated rings. The van der Waals surface area contributed by atoms with Gasteiger partial charge in [-0.1, -0.05) is 11.3 Å². The number of rotatable bonds is 5. The van der Waals surface area contributed by atoms with E-state index in [4.69, 9.17) is 19.7 Å². The van der Waals surface area contributed by atoms with E-state index in [-0.39, 0.29) is 23.3 Å². The monoisotopic (exact) mass is 544 g/mol. The molecule has 7 nitrogen and oxygen atoms in total. The molecule has 0 unspecified atom stereocenters. The Hall–Kier alpha value is -3.12. The lowest BCUT2D eigenvalue weighted by Gasteiger charge is -2.30. The van der Waals surface area contributed by atoms with E-state index in [1.165, 1.54) is 11.3 Å². The molecule has 0 spiro atoms. The molecule has 1 saturated carbocycles. The van der Waals surface area contributed by atoms with E-state index in [1.807, 2.05) is 6.20 Å². The third-order valence-corrected chi connectivity index (χ3v) is 8.71. The predicted molar refractivity (Wildman–Crippen MR) is 134 cm³/mol. The maximum absolute atomic E-state index is 15.2. The van der Waals surface area contributed by atoms with E-state index in [0.717, 1.165) is 60.9 Å². The van der Waals surface area contributed by atoms with Crippen molar-refractivity contribution in [2.24, 2.45) is 0 Å². The predicted octanol–water partition coefficient (Wildman–Crippen LogP) is 6.36. The standard InChI is InChI=1S/C26H24F4N6OS/c27-18-11-15(26(28,29)30)4-5-16(18)21-22-24(34-25(38-22)36-7-1-8-36)33-23(32-21)14-6-9-37-19(10-14)17-12-31-35-20(17)13-2-3-13/h4-5,11-14,19H,1-3,6-10H2,(H,31,35)/t14-,19-/m1/s1. The van der Waals surface area contributed by atoms with Crippen LogP contribution in [0.25, 0.3) is 21.6 Å². The summed E-state index contributed by atoms with van der Waals surface area (Å²) in [5.41, 5.74) is 1.82. The van der Waals surface area contributed by atoms with Crippen molar-refractivity contribution < 1.29 is 22.3 Å². The van der Waals surface area contributed by atoms with Crippen LogP contribution in [-0.2, 0) is 10.9 Å². The fraction of sp³-hybridized carbons (Fsp3) is 0.462. The van der Waals surface area contributed by atoms with Crippen LogP contribution in [0.1, 0.15) is 72.7 Å². The second kappa shape index (κ2) is 8.98. The maximum atomic E-state index is 15.2. The zero-order valence-corrected chi connectivity index (χ0v) is 21.1. The fourth-order valence-corrected chi connectivity index (χ4v) is 6.28. The summed E-state index contributed by atoms with van der Waals surface area (Å²) < 4.78 is 61.5. The molecule has 0 amide bonds. The van der Waals surface area contributed by atoms with E-state index in [1.54, 1.807) is 0 Å². The lowest BCUT2D eigenvalue weighted by Crippen LogP contribution is -2.36. The van der Waals surface area contributed by atoms with E-state index in [9.17, 15) is 13.2 Å². The molecule has 5 heterocycles. The van der Waals surface area contributed by atoms with Crippen molar-refractivity contribution in [2.45, 2.75) is 56.2 Å². The SMILES string of the molecule is Fc1cc(C(F)(F)F)ccc1-c1nc([C@@H]2CCO[C@@H](c3c[nH]nc3C3CC3)C2)nc2nc(N3CCC3)sc12. The molecule has 1 aromatic carbocycles. The molecule has 2 atom stereocenters. The van der Waals surface area contributed by atoms with Gasteiger partial charge in [-0.05, 0) is 50.3 Å². The zero-order valence-electron chi connectivity index (χ0n) is 20.3. The number of halogens is 4. The van der Waals surface area contributed by atoms with Gasteiger partial charge in [-0.3, -0.25) is 5.10 Å². The quantitative estimate of drug-likeness (QED) is 0.295. The number of nitrogens with zero attached hydrogens (tertiary/aromatic N) is 5. The van der Waals surface area contributed by atoms with Gasteiger partial charge in [0.05, 0.1) is 23.1 Å². The smallest absolute Gasteiger partial charge is 0.373 e. The molecule has 12 heteroatoms. The Balaban J connectivity index is 1.29. The molecule has 1 N–H and O–H groups in total. The number of ether oxygens (including phenoxy) is 1. The number of hydrogen-bond donors (Lipinski definition) is 1. The Morgan fingerprint density at radius 1 is 1.05 bits per heavy atom. The average molecular weight is 545 g/mol. The Morgan fingerprint density at radius 3 is 2.61 bits per heavy atom. The Labute approximate surface area is 219 Å². The van der Waals surface area contributed by atoms with Gasteiger partial charge in [0.25, 0.3) is 0 Å². The molecular weight excluding hydrogens is 520 g/mol. The Bertz CT molecular complexity index is 1510. The number of benzene rings is 1. The number of aromatic nitrogens is 5. The van der Waals surface area contributed by atoms with Crippen LogP contribution in [0.2, 0.25) is 0 Å². The van der Waals surface area contributed by atoms with Crippen molar-refractivity contribution in [1.29, 1.82) is 0 Å². The van der Waals surface area contributed by atoms with Gasteiger partial charge < -0.3 is 9.64 Å². The van der Waals surface area contributed by atoms with Crippen LogP contribution >= 0.6 is 11.3 Å². The fourth-order valence-electron chi connectivity index (χ4n) is 5.22. The number of alkyl halides is 3. The molecule has 3 aromatic heterocycles. The maximum Gasteiger partial charge on any atom is 0.416 e. The summed E-state index contributed by atoms with van der Waals surface area (Å²) in [5.74, 6) is -0.0680. The second-order valence-electron chi connectivity index (χ2n) is 10.2. The van der Waals surface area contributed by atoms with Crippen LogP contribution in [0.5, 0.6) is 0 Å². The van der Waals surface area contributed by atoms with Gasteiger partial charge in [-0.2, -0.15) is 23.3 Å². The first kappa shape index (κ1) is 24.0. The first-order chi connectivity index (χ1) is 18.3. The lowest BCUT2D eigenvalue weighted by atomic mass is 9.90. The van der Waals surface area contributed by atoms with Crippen LogP contribution in [0.3, 0.4) is 0 Å². The molecule has 198 valence electrons. The second-order valence-corrected chi connectivity index (χ2v) is 11.2. The molecule has 2 aliphatic heterocycles. The van der Waals surface area contributed by atoms with Crippen molar-refractivity contribution in [3.8, 4) is 11.3 Å². The highest BCUT2D eigenvalue weighted by molar-refractivity contribution is 7.22. The van der Waals surface area contributed by atoms with E-state index in [2.05, 4.69) is 15.1 Å². The van der Waals surface area contributed by atoms with E-state index in [0.29, 0.717) is 47.6 Å². The Kier molecular flexibility index (Phi) is 5.66. The topological polar surface area (TPSA) is 79.8 Å². The summed E-state index contributed by atoms with van der Waals surface area (Å²) in [6.07, 6.45) is 1.71. The highest BCUT2D eigenvalue weighted by Gasteiger charge is 2.36.